The number of methoxy groups -OCH3 is 1. The number of hydrogen-bond donors (Lipinski definition) is 1. The number of fused-ring (bicyclic) bond motifs is 1. The summed E-state index contributed by atoms with van der Waals surface area (Å²) in [5.41, 5.74) is 1.66. The van der Waals surface area contributed by atoms with Crippen molar-refractivity contribution in [3.63, 3.8) is 0 Å². The number of esters is 2. The van der Waals surface area contributed by atoms with Gasteiger partial charge in [-0.2, -0.15) is 5.06 Å². The van der Waals surface area contributed by atoms with Crippen LogP contribution in [0.3, 0.4) is 0 Å². The number of cyclic esters (lactones) is 1. The van der Waals surface area contributed by atoms with Crippen LogP contribution < -0.4 is 9.47 Å². The van der Waals surface area contributed by atoms with E-state index in [1.165, 1.54) is 7.11 Å². The number of nitrogens with zero attached hydrogens (tertiary/aromatic N) is 2. The molecule has 62 heavy (non-hydrogen) atoms. The molecule has 0 spiro atoms. The maximum absolute atomic E-state index is 12.6. The number of rotatable bonds is 16. The number of ether oxygens (including phenoxy) is 4. The molecular weight excluding hydrogens is 960 g/mol. The predicted molar refractivity (Wildman–Crippen MR) is 256 cm³/mol. The van der Waals surface area contributed by atoms with Gasteiger partial charge >= 0.3 is 11.9 Å². The molecule has 0 aromatic heterocycles. The molecule has 0 radical (unpaired) electrons. The molecule has 13 nitrogen and oxygen atoms in total. The van der Waals surface area contributed by atoms with E-state index in [1.54, 1.807) is 30.2 Å². The third kappa shape index (κ3) is 16.4. The maximum atomic E-state index is 12.6. The van der Waals surface area contributed by atoms with Crippen LogP contribution in [0.1, 0.15) is 80.4 Å². The van der Waals surface area contributed by atoms with Crippen molar-refractivity contribution in [2.75, 3.05) is 33.5 Å². The topological polar surface area (TPSA) is 148 Å². The summed E-state index contributed by atoms with van der Waals surface area (Å²) < 4.78 is 35.7. The number of hydrogen-bond acceptors (Lipinski definition) is 12. The first-order valence-corrected chi connectivity index (χ1v) is 28.5. The smallest absolute Gasteiger partial charge is 0.396 e. The van der Waals surface area contributed by atoms with Crippen molar-refractivity contribution < 1.29 is 52.1 Å². The van der Waals surface area contributed by atoms with Crippen molar-refractivity contribution in [1.29, 1.82) is 0 Å². The van der Waals surface area contributed by atoms with Gasteiger partial charge in [-0.1, -0.05) is 71.9 Å². The first-order valence-electron chi connectivity index (χ1n) is 21.1. The molecule has 0 amide bonds. The van der Waals surface area contributed by atoms with E-state index in [9.17, 15) is 14.8 Å². The highest BCUT2D eigenvalue weighted by Gasteiger charge is 2.57. The van der Waals surface area contributed by atoms with Crippen LogP contribution in [0.5, 0.6) is 11.5 Å². The Morgan fingerprint density at radius 2 is 1.45 bits per heavy atom. The normalized spacial score (nSPS) is 20.1. The number of aliphatic hydroxyl groups excluding tert-OH is 1. The van der Waals surface area contributed by atoms with E-state index in [-0.39, 0.29) is 46.8 Å². The molecule has 2 fully saturated rings. The van der Waals surface area contributed by atoms with Crippen molar-refractivity contribution in [2.45, 2.75) is 143 Å². The molecule has 0 aliphatic carbocycles. The van der Waals surface area contributed by atoms with E-state index in [0.717, 1.165) is 26.5 Å². The third-order valence-electron chi connectivity index (χ3n) is 11.4. The standard InChI is InChI=1S/C22H34BrNO5Si.C12H14BrNO4.C11H24O2Si/c1-8-26-20-15(10-9-11-16(20)23)12-24-19-18(14(2)28-21(19)25)17(29-24)13-27-30(6,7)22(3,4)5;1-3-18-12-9(5-4-6-10(12)13)7-14(16)8-11(15)17-2;1-10(12)8-7-9-13-14(5,6)11(2,3)4/h9-11,14,17-19H,8,12-13H2,1-7H3;4-6,8H,3,7H2,1-2H3;7-8,10,12H,9H2,1-6H3/b;14-8-;8-7-/t14-,17-,18+,19-;;10-/m0.0/s1. The quantitative estimate of drug-likeness (QED) is 0.0325. The lowest BCUT2D eigenvalue weighted by Gasteiger charge is -2.37. The number of carbonyl (C=O) groups is 2. The van der Waals surface area contributed by atoms with Crippen LogP contribution in [0.4, 0.5) is 0 Å². The molecule has 2 aromatic rings. The highest BCUT2D eigenvalue weighted by atomic mass is 79.9. The lowest BCUT2D eigenvalue weighted by Crippen LogP contribution is -2.44. The average Bonchev–Trinajstić information content (AvgIpc) is 3.68. The van der Waals surface area contributed by atoms with Crippen LogP contribution >= 0.6 is 31.9 Å². The molecule has 1 N–H and O–H groups in total. The summed E-state index contributed by atoms with van der Waals surface area (Å²) in [6.07, 6.45) is 3.72. The zero-order valence-electron chi connectivity index (χ0n) is 39.5. The minimum absolute atomic E-state index is 0.0177. The molecule has 2 aliphatic rings. The Morgan fingerprint density at radius 1 is 0.935 bits per heavy atom. The van der Waals surface area contributed by atoms with Crippen LogP contribution in [0.25, 0.3) is 0 Å². The third-order valence-corrected chi connectivity index (χ3v) is 21.7. The van der Waals surface area contributed by atoms with Crippen molar-refractivity contribution in [2.24, 2.45) is 5.92 Å². The van der Waals surface area contributed by atoms with Crippen molar-refractivity contribution >= 4 is 66.6 Å². The summed E-state index contributed by atoms with van der Waals surface area (Å²) in [7, 11) is -2.32. The first kappa shape index (κ1) is 55.5. The molecule has 4 rings (SSSR count). The minimum Gasteiger partial charge on any atom is -0.623 e. The Bertz CT molecular complexity index is 1810. The van der Waals surface area contributed by atoms with Crippen molar-refractivity contribution in [3.05, 3.63) is 73.8 Å². The minimum atomic E-state index is -1.93. The van der Waals surface area contributed by atoms with Crippen LogP contribution in [0.2, 0.25) is 36.3 Å². The van der Waals surface area contributed by atoms with E-state index in [2.05, 4.69) is 104 Å². The summed E-state index contributed by atoms with van der Waals surface area (Å²) in [4.78, 5) is 29.9. The fraction of sp³-hybridized carbons (Fsp3) is 0.622. The number of aliphatic hydroxyl groups is 1. The monoisotopic (exact) mass is 1030 g/mol. The van der Waals surface area contributed by atoms with Gasteiger partial charge in [0.25, 0.3) is 6.21 Å². The lowest BCUT2D eigenvalue weighted by molar-refractivity contribution is -0.469. The second-order valence-electron chi connectivity index (χ2n) is 18.2. The number of benzene rings is 2. The summed E-state index contributed by atoms with van der Waals surface area (Å²) in [6.45, 7) is 32.3. The molecule has 2 aliphatic heterocycles. The van der Waals surface area contributed by atoms with E-state index in [4.69, 9.17) is 33.0 Å². The van der Waals surface area contributed by atoms with Gasteiger partial charge in [0.15, 0.2) is 23.2 Å². The second-order valence-corrected chi connectivity index (χ2v) is 29.6. The molecule has 0 unspecified atom stereocenters. The van der Waals surface area contributed by atoms with Crippen LogP contribution in [-0.2, 0) is 45.8 Å². The molecule has 17 heteroatoms. The van der Waals surface area contributed by atoms with Gasteiger partial charge in [0.05, 0.1) is 66.6 Å². The number of halogens is 2. The highest BCUT2D eigenvalue weighted by Crippen LogP contribution is 2.42. The van der Waals surface area contributed by atoms with Gasteiger partial charge in [-0.3, -0.25) is 9.63 Å². The van der Waals surface area contributed by atoms with Crippen LogP contribution in [-0.4, -0.2) is 108 Å². The summed E-state index contributed by atoms with van der Waals surface area (Å²) in [5, 5.41) is 22.7. The lowest BCUT2D eigenvalue weighted by atomic mass is 9.93. The van der Waals surface area contributed by atoms with Gasteiger partial charge < -0.3 is 38.1 Å². The predicted octanol–water partition coefficient (Wildman–Crippen LogP) is 9.96. The van der Waals surface area contributed by atoms with Gasteiger partial charge in [-0.05, 0) is 114 Å². The first-order chi connectivity index (χ1) is 28.7. The maximum Gasteiger partial charge on any atom is 0.396 e. The Labute approximate surface area is 389 Å². The van der Waals surface area contributed by atoms with E-state index < -0.39 is 28.6 Å². The molecule has 0 bridgehead atoms. The summed E-state index contributed by atoms with van der Waals surface area (Å²) >= 11 is 6.92. The van der Waals surface area contributed by atoms with Gasteiger partial charge in [-0.25, -0.2) is 9.53 Å². The molecule has 0 saturated carbocycles. The molecule has 5 atom stereocenters. The van der Waals surface area contributed by atoms with Crippen LogP contribution in [0.15, 0.2) is 57.5 Å². The Morgan fingerprint density at radius 3 is 1.95 bits per heavy atom. The van der Waals surface area contributed by atoms with Crippen molar-refractivity contribution in [1.82, 2.24) is 5.06 Å². The summed E-state index contributed by atoms with van der Waals surface area (Å²) in [6, 6.07) is 10.9. The molecule has 2 aromatic carbocycles. The number of para-hydroxylation sites is 2. The number of carbonyl (C=O) groups excluding carboxylic acids is 2. The van der Waals surface area contributed by atoms with Gasteiger partial charge in [0, 0.05) is 5.56 Å². The summed E-state index contributed by atoms with van der Waals surface area (Å²) in [5.74, 6) is 0.429. The molecule has 2 saturated heterocycles. The average molecular weight is 1030 g/mol. The fourth-order valence-corrected chi connectivity index (χ4v) is 8.90. The Balaban J connectivity index is 0.000000353. The SMILES string of the molecule is CCOc1c(Br)cccc1C/[N+]([O-])=C/C(=O)OC.CCOc1c(Br)cccc1CN1O[C@@H](CO[Si](C)(C)C(C)(C)C)[C@H]2[C@H](C)OC(=O)[C@H]21.C[C@H](O)/C=C\CO[Si](C)(C)C(C)(C)C. The van der Waals surface area contributed by atoms with Gasteiger partial charge in [-0.15, -0.1) is 0 Å². The van der Waals surface area contributed by atoms with Crippen molar-refractivity contribution in [3.8, 4) is 11.5 Å². The Kier molecular flexibility index (Phi) is 22.0. The molecular formula is C45H72Br2N2O11Si2. The fourth-order valence-electron chi connectivity index (χ4n) is 5.90. The molecule has 2 heterocycles. The zero-order valence-corrected chi connectivity index (χ0v) is 44.7. The van der Waals surface area contributed by atoms with E-state index >= 15 is 0 Å². The van der Waals surface area contributed by atoms with Gasteiger partial charge in [0.2, 0.25) is 0 Å². The van der Waals surface area contributed by atoms with Crippen LogP contribution in [0, 0.1) is 11.1 Å². The van der Waals surface area contributed by atoms with Gasteiger partial charge in [0.1, 0.15) is 29.7 Å². The van der Waals surface area contributed by atoms with E-state index in [0.29, 0.717) is 49.0 Å². The molecule has 350 valence electrons. The largest absolute Gasteiger partial charge is 0.623 e. The highest BCUT2D eigenvalue weighted by molar-refractivity contribution is 9.11. The Hall–Kier alpha value is -2.62. The second kappa shape index (κ2) is 24.6. The zero-order chi connectivity index (χ0) is 47.2. The van der Waals surface area contributed by atoms with E-state index in [1.807, 2.05) is 51.1 Å². The number of hydroxylamine groups is 3.